The molecule has 30 heavy (non-hydrogen) atoms. The molecule has 0 spiro atoms. The molecule has 156 valence electrons. The van der Waals surface area contributed by atoms with Gasteiger partial charge >= 0.3 is 5.97 Å². The number of hydrogen-bond donors (Lipinski definition) is 2. The average molecular weight is 446 g/mol. The maximum atomic E-state index is 11.1. The third kappa shape index (κ3) is 5.17. The highest BCUT2D eigenvalue weighted by atomic mass is 35.5. The number of aromatic carboxylic acids is 1. The fourth-order valence-electron chi connectivity index (χ4n) is 2.91. The van der Waals surface area contributed by atoms with Crippen LogP contribution < -0.4 is 14.8 Å². The quantitative estimate of drug-likeness (QED) is 0.431. The highest BCUT2D eigenvalue weighted by molar-refractivity contribution is 6.33. The van der Waals surface area contributed by atoms with Crippen LogP contribution in [0.5, 0.6) is 11.5 Å². The number of rotatable bonds is 8. The van der Waals surface area contributed by atoms with Crippen molar-refractivity contribution in [1.82, 2.24) is 0 Å². The highest BCUT2D eigenvalue weighted by Crippen LogP contribution is 2.34. The predicted molar refractivity (Wildman–Crippen MR) is 119 cm³/mol. The number of aryl methyl sites for hydroxylation is 1. The summed E-state index contributed by atoms with van der Waals surface area (Å²) < 4.78 is 11.4. The molecule has 0 heterocycles. The number of methoxy groups -OCH3 is 1. The van der Waals surface area contributed by atoms with Gasteiger partial charge in [-0.3, -0.25) is 0 Å². The van der Waals surface area contributed by atoms with Gasteiger partial charge < -0.3 is 19.9 Å². The molecule has 0 radical (unpaired) electrons. The van der Waals surface area contributed by atoms with Crippen molar-refractivity contribution in [3.8, 4) is 11.5 Å². The molecule has 0 saturated carbocycles. The van der Waals surface area contributed by atoms with Crippen LogP contribution in [-0.4, -0.2) is 18.2 Å². The van der Waals surface area contributed by atoms with Crippen LogP contribution in [0.1, 0.15) is 27.0 Å². The summed E-state index contributed by atoms with van der Waals surface area (Å²) in [5, 5.41) is 12.9. The predicted octanol–water partition coefficient (Wildman–Crippen LogP) is 6.20. The Morgan fingerprint density at radius 1 is 1.00 bits per heavy atom. The van der Waals surface area contributed by atoms with Crippen molar-refractivity contribution < 1.29 is 19.4 Å². The minimum Gasteiger partial charge on any atom is -0.493 e. The van der Waals surface area contributed by atoms with Crippen LogP contribution in [0, 0.1) is 6.92 Å². The van der Waals surface area contributed by atoms with Gasteiger partial charge in [0.2, 0.25) is 0 Å². The first kappa shape index (κ1) is 21.8. The lowest BCUT2D eigenvalue weighted by atomic mass is 10.1. The van der Waals surface area contributed by atoms with Gasteiger partial charge in [-0.2, -0.15) is 0 Å². The largest absolute Gasteiger partial charge is 0.493 e. The number of hydrogen-bond acceptors (Lipinski definition) is 4. The second kappa shape index (κ2) is 9.74. The van der Waals surface area contributed by atoms with E-state index in [2.05, 4.69) is 5.32 Å². The standard InChI is InChI=1S/C23H21Cl2NO4/c1-14-5-3-4-6-15(14)13-30-22-11-19(24)16(9-21(22)29-2)12-26-17-7-8-18(23(27)28)20(25)10-17/h3-11,26H,12-13H2,1-2H3,(H,27,28). The Hall–Kier alpha value is -2.89. The van der Waals surface area contributed by atoms with E-state index in [1.54, 1.807) is 25.3 Å². The molecule has 0 fully saturated rings. The summed E-state index contributed by atoms with van der Waals surface area (Å²) in [6, 6.07) is 16.2. The summed E-state index contributed by atoms with van der Waals surface area (Å²) in [6.07, 6.45) is 0. The Morgan fingerprint density at radius 3 is 2.43 bits per heavy atom. The Kier molecular flexibility index (Phi) is 7.08. The van der Waals surface area contributed by atoms with E-state index in [4.69, 9.17) is 37.8 Å². The van der Waals surface area contributed by atoms with Gasteiger partial charge in [0.1, 0.15) is 6.61 Å². The molecule has 0 aliphatic heterocycles. The van der Waals surface area contributed by atoms with Gasteiger partial charge in [0.05, 0.1) is 17.7 Å². The Morgan fingerprint density at radius 2 is 1.77 bits per heavy atom. The minimum atomic E-state index is -1.07. The minimum absolute atomic E-state index is 0.0528. The molecule has 0 amide bonds. The third-order valence-corrected chi connectivity index (χ3v) is 5.32. The molecule has 3 aromatic carbocycles. The molecule has 0 bridgehead atoms. The maximum Gasteiger partial charge on any atom is 0.337 e. The van der Waals surface area contributed by atoms with Gasteiger partial charge in [-0.15, -0.1) is 0 Å². The molecule has 0 aliphatic rings. The van der Waals surface area contributed by atoms with Gasteiger partial charge in [0.15, 0.2) is 11.5 Å². The Bertz CT molecular complexity index is 1070. The summed E-state index contributed by atoms with van der Waals surface area (Å²) in [7, 11) is 1.57. The Labute approximate surface area is 185 Å². The molecule has 3 rings (SSSR count). The summed E-state index contributed by atoms with van der Waals surface area (Å²) >= 11 is 12.5. The third-order valence-electron chi connectivity index (χ3n) is 4.66. The molecule has 2 N–H and O–H groups in total. The molecule has 3 aromatic rings. The number of halogens is 2. The van der Waals surface area contributed by atoms with Crippen LogP contribution in [-0.2, 0) is 13.2 Å². The fourth-order valence-corrected chi connectivity index (χ4v) is 3.39. The number of anilines is 1. The Balaban J connectivity index is 1.73. The van der Waals surface area contributed by atoms with E-state index < -0.39 is 5.97 Å². The zero-order valence-corrected chi connectivity index (χ0v) is 18.1. The first-order valence-electron chi connectivity index (χ1n) is 9.19. The van der Waals surface area contributed by atoms with E-state index in [0.29, 0.717) is 35.4 Å². The first-order chi connectivity index (χ1) is 14.4. The normalized spacial score (nSPS) is 10.5. The van der Waals surface area contributed by atoms with Crippen LogP contribution in [0.3, 0.4) is 0 Å². The fraction of sp³-hybridized carbons (Fsp3) is 0.174. The lowest BCUT2D eigenvalue weighted by Gasteiger charge is -2.15. The van der Waals surface area contributed by atoms with E-state index in [1.165, 1.54) is 6.07 Å². The van der Waals surface area contributed by atoms with Crippen LogP contribution in [0.15, 0.2) is 54.6 Å². The molecule has 0 aromatic heterocycles. The van der Waals surface area contributed by atoms with Crippen LogP contribution >= 0.6 is 23.2 Å². The van der Waals surface area contributed by atoms with Crippen LogP contribution in [0.25, 0.3) is 0 Å². The summed E-state index contributed by atoms with van der Waals surface area (Å²) in [4.78, 5) is 11.1. The van der Waals surface area contributed by atoms with Gasteiger partial charge in [0, 0.05) is 23.3 Å². The average Bonchev–Trinajstić information content (AvgIpc) is 2.72. The number of benzene rings is 3. The van der Waals surface area contributed by atoms with Crippen molar-refractivity contribution in [2.24, 2.45) is 0 Å². The molecular formula is C23H21Cl2NO4. The molecule has 0 saturated heterocycles. The van der Waals surface area contributed by atoms with Crippen molar-refractivity contribution in [2.75, 3.05) is 12.4 Å². The SMILES string of the molecule is COc1cc(CNc2ccc(C(=O)O)c(Cl)c2)c(Cl)cc1OCc1ccccc1C. The second-order valence-corrected chi connectivity index (χ2v) is 7.48. The van der Waals surface area contributed by atoms with E-state index in [-0.39, 0.29) is 10.6 Å². The summed E-state index contributed by atoms with van der Waals surface area (Å²) in [5.41, 5.74) is 3.77. The zero-order chi connectivity index (χ0) is 21.7. The van der Waals surface area contributed by atoms with Crippen LogP contribution in [0.4, 0.5) is 5.69 Å². The first-order valence-corrected chi connectivity index (χ1v) is 9.95. The van der Waals surface area contributed by atoms with Crippen molar-refractivity contribution >= 4 is 34.9 Å². The smallest absolute Gasteiger partial charge is 0.337 e. The molecule has 0 atom stereocenters. The number of carbonyl (C=O) groups is 1. The second-order valence-electron chi connectivity index (χ2n) is 6.66. The number of nitrogens with one attached hydrogen (secondary N) is 1. The van der Waals surface area contributed by atoms with Gasteiger partial charge in [0.25, 0.3) is 0 Å². The summed E-state index contributed by atoms with van der Waals surface area (Å²) in [5.74, 6) is 0.0630. The summed E-state index contributed by atoms with van der Waals surface area (Å²) in [6.45, 7) is 2.84. The van der Waals surface area contributed by atoms with Crippen molar-refractivity contribution in [3.63, 3.8) is 0 Å². The molecule has 0 unspecified atom stereocenters. The zero-order valence-electron chi connectivity index (χ0n) is 16.5. The van der Waals surface area contributed by atoms with E-state index >= 15 is 0 Å². The monoisotopic (exact) mass is 445 g/mol. The van der Waals surface area contributed by atoms with Crippen molar-refractivity contribution in [2.45, 2.75) is 20.1 Å². The van der Waals surface area contributed by atoms with E-state index in [1.807, 2.05) is 37.3 Å². The number of ether oxygens (including phenoxy) is 2. The van der Waals surface area contributed by atoms with Gasteiger partial charge in [-0.1, -0.05) is 47.5 Å². The topological polar surface area (TPSA) is 67.8 Å². The van der Waals surface area contributed by atoms with Crippen LogP contribution in [0.2, 0.25) is 10.0 Å². The maximum absolute atomic E-state index is 11.1. The van der Waals surface area contributed by atoms with E-state index in [9.17, 15) is 4.79 Å². The molecule has 0 aliphatic carbocycles. The van der Waals surface area contributed by atoms with Gasteiger partial charge in [-0.25, -0.2) is 4.79 Å². The lowest BCUT2D eigenvalue weighted by molar-refractivity contribution is 0.0697. The lowest BCUT2D eigenvalue weighted by Crippen LogP contribution is -2.04. The van der Waals surface area contributed by atoms with Crippen molar-refractivity contribution in [1.29, 1.82) is 0 Å². The molecule has 7 heteroatoms. The number of carboxylic acid groups (broad SMARTS) is 1. The van der Waals surface area contributed by atoms with Crippen molar-refractivity contribution in [3.05, 3.63) is 86.9 Å². The molecular weight excluding hydrogens is 425 g/mol. The number of carboxylic acids is 1. The highest BCUT2D eigenvalue weighted by Gasteiger charge is 2.13. The van der Waals surface area contributed by atoms with Gasteiger partial charge in [-0.05, 0) is 47.9 Å². The van der Waals surface area contributed by atoms with E-state index in [0.717, 1.165) is 16.7 Å². The molecule has 5 nitrogen and oxygen atoms in total.